The number of alkyl halides is 1. The number of carboxylic acids is 1. The molecule has 0 aliphatic carbocycles. The number of aryl methyl sites for hydroxylation is 2. The fraction of sp³-hybridized carbons (Fsp3) is 0.600. The van der Waals surface area contributed by atoms with Gasteiger partial charge in [0, 0.05) is 19.0 Å². The minimum absolute atomic E-state index is 0.0789. The largest absolute Gasteiger partial charge is 0.481 e. The molecule has 1 aromatic rings. The smallest absolute Gasteiger partial charge is 0.303 e. The van der Waals surface area contributed by atoms with Crippen molar-refractivity contribution in [1.29, 1.82) is 0 Å². The number of carboxylic acid groups (broad SMARTS) is 1. The molecule has 1 aliphatic heterocycles. The lowest BCUT2D eigenvalue weighted by molar-refractivity contribution is -0.136. The van der Waals surface area contributed by atoms with Crippen LogP contribution in [0.3, 0.4) is 0 Å². The van der Waals surface area contributed by atoms with E-state index in [-0.39, 0.29) is 6.42 Å². The SMILES string of the molecule is O=C(O)CCc1cn2c(n1)CCC(F)C2. The minimum Gasteiger partial charge on any atom is -0.481 e. The molecule has 0 radical (unpaired) electrons. The first-order valence-electron chi connectivity index (χ1n) is 5.06. The van der Waals surface area contributed by atoms with Crippen LogP contribution in [0.2, 0.25) is 0 Å². The summed E-state index contributed by atoms with van der Waals surface area (Å²) >= 11 is 0. The molecule has 1 atom stereocenters. The summed E-state index contributed by atoms with van der Waals surface area (Å²) in [6.45, 7) is 0.357. The Morgan fingerprint density at radius 2 is 2.53 bits per heavy atom. The van der Waals surface area contributed by atoms with Crippen molar-refractivity contribution >= 4 is 5.97 Å². The predicted octanol–water partition coefficient (Wildman–Crippen LogP) is 1.18. The number of imidazole rings is 1. The summed E-state index contributed by atoms with van der Waals surface area (Å²) in [7, 11) is 0. The molecule has 0 spiro atoms. The number of aliphatic carboxylic acids is 1. The van der Waals surface area contributed by atoms with E-state index in [9.17, 15) is 9.18 Å². The third kappa shape index (κ3) is 2.34. The molecule has 4 nitrogen and oxygen atoms in total. The van der Waals surface area contributed by atoms with Crippen molar-refractivity contribution < 1.29 is 14.3 Å². The predicted molar refractivity (Wildman–Crippen MR) is 51.4 cm³/mol. The van der Waals surface area contributed by atoms with Gasteiger partial charge in [-0.15, -0.1) is 0 Å². The van der Waals surface area contributed by atoms with Gasteiger partial charge in [-0.3, -0.25) is 4.79 Å². The van der Waals surface area contributed by atoms with E-state index in [1.807, 2.05) is 0 Å². The molecule has 0 saturated carbocycles. The zero-order chi connectivity index (χ0) is 10.8. The summed E-state index contributed by atoms with van der Waals surface area (Å²) in [5.41, 5.74) is 0.751. The van der Waals surface area contributed by atoms with Crippen molar-refractivity contribution in [2.75, 3.05) is 0 Å². The molecule has 1 aliphatic rings. The Hall–Kier alpha value is -1.39. The van der Waals surface area contributed by atoms with Gasteiger partial charge in [0.1, 0.15) is 12.0 Å². The fourth-order valence-corrected chi connectivity index (χ4v) is 1.82. The molecular formula is C10H13FN2O2. The van der Waals surface area contributed by atoms with Crippen LogP contribution >= 0.6 is 0 Å². The highest BCUT2D eigenvalue weighted by atomic mass is 19.1. The second-order valence-electron chi connectivity index (χ2n) is 3.83. The van der Waals surface area contributed by atoms with Gasteiger partial charge < -0.3 is 9.67 Å². The summed E-state index contributed by atoms with van der Waals surface area (Å²) in [5.74, 6) is 0.0497. The molecule has 0 aromatic carbocycles. The number of halogens is 1. The molecule has 0 bridgehead atoms. The van der Waals surface area contributed by atoms with Crippen LogP contribution in [0.15, 0.2) is 6.20 Å². The number of hydrogen-bond donors (Lipinski definition) is 1. The van der Waals surface area contributed by atoms with Crippen molar-refractivity contribution in [1.82, 2.24) is 9.55 Å². The van der Waals surface area contributed by atoms with Crippen LogP contribution in [0.25, 0.3) is 0 Å². The molecule has 5 heteroatoms. The van der Waals surface area contributed by atoms with E-state index in [4.69, 9.17) is 5.11 Å². The van der Waals surface area contributed by atoms with Gasteiger partial charge in [-0.1, -0.05) is 0 Å². The maximum atomic E-state index is 13.0. The van der Waals surface area contributed by atoms with Gasteiger partial charge in [-0.25, -0.2) is 9.37 Å². The van der Waals surface area contributed by atoms with Crippen LogP contribution in [-0.2, 0) is 24.2 Å². The minimum atomic E-state index is -0.829. The molecule has 1 unspecified atom stereocenters. The number of hydrogen-bond acceptors (Lipinski definition) is 2. The topological polar surface area (TPSA) is 55.1 Å². The first kappa shape index (κ1) is 10.1. The molecule has 15 heavy (non-hydrogen) atoms. The van der Waals surface area contributed by atoms with E-state index >= 15 is 0 Å². The van der Waals surface area contributed by atoms with E-state index in [0.29, 0.717) is 25.8 Å². The zero-order valence-corrected chi connectivity index (χ0v) is 8.32. The van der Waals surface area contributed by atoms with E-state index in [2.05, 4.69) is 4.98 Å². The summed E-state index contributed by atoms with van der Waals surface area (Å²) < 4.78 is 14.8. The third-order valence-electron chi connectivity index (χ3n) is 2.58. The Kier molecular flexibility index (Phi) is 2.70. The maximum absolute atomic E-state index is 13.0. The number of nitrogens with zero attached hydrogens (tertiary/aromatic N) is 2. The summed E-state index contributed by atoms with van der Waals surface area (Å²) in [5, 5.41) is 8.53. The van der Waals surface area contributed by atoms with Gasteiger partial charge in [-0.2, -0.15) is 0 Å². The molecular weight excluding hydrogens is 199 g/mol. The number of carbonyl (C=O) groups is 1. The molecule has 1 N–H and O–H groups in total. The van der Waals surface area contributed by atoms with Gasteiger partial charge in [0.15, 0.2) is 0 Å². The van der Waals surface area contributed by atoms with Crippen LogP contribution in [-0.4, -0.2) is 26.8 Å². The van der Waals surface area contributed by atoms with Crippen molar-refractivity contribution in [2.24, 2.45) is 0 Å². The average Bonchev–Trinajstić information content (AvgIpc) is 2.56. The van der Waals surface area contributed by atoms with Gasteiger partial charge in [-0.05, 0) is 6.42 Å². The lowest BCUT2D eigenvalue weighted by Gasteiger charge is -2.16. The quantitative estimate of drug-likeness (QED) is 0.818. The van der Waals surface area contributed by atoms with Crippen LogP contribution in [0, 0.1) is 0 Å². The molecule has 1 aromatic heterocycles. The average molecular weight is 212 g/mol. The Morgan fingerprint density at radius 1 is 1.73 bits per heavy atom. The second kappa shape index (κ2) is 4.00. The highest BCUT2D eigenvalue weighted by Gasteiger charge is 2.19. The highest BCUT2D eigenvalue weighted by molar-refractivity contribution is 5.66. The van der Waals surface area contributed by atoms with E-state index in [0.717, 1.165) is 11.5 Å². The number of fused-ring (bicyclic) bond motifs is 1. The van der Waals surface area contributed by atoms with Crippen LogP contribution < -0.4 is 0 Å². The van der Waals surface area contributed by atoms with Crippen molar-refractivity contribution in [3.63, 3.8) is 0 Å². The van der Waals surface area contributed by atoms with Gasteiger partial charge in [0.05, 0.1) is 18.7 Å². The fourth-order valence-electron chi connectivity index (χ4n) is 1.82. The Bertz CT molecular complexity index is 375. The Morgan fingerprint density at radius 3 is 3.27 bits per heavy atom. The molecule has 2 heterocycles. The normalized spacial score (nSPS) is 19.9. The lowest BCUT2D eigenvalue weighted by Crippen LogP contribution is -2.20. The Labute approximate surface area is 86.7 Å². The lowest BCUT2D eigenvalue weighted by atomic mass is 10.1. The Balaban J connectivity index is 2.06. The van der Waals surface area contributed by atoms with E-state index in [1.165, 1.54) is 0 Å². The van der Waals surface area contributed by atoms with E-state index in [1.54, 1.807) is 10.8 Å². The van der Waals surface area contributed by atoms with Crippen molar-refractivity contribution in [2.45, 2.75) is 38.4 Å². The van der Waals surface area contributed by atoms with Crippen molar-refractivity contribution in [3.8, 4) is 0 Å². The second-order valence-corrected chi connectivity index (χ2v) is 3.83. The summed E-state index contributed by atoms with van der Waals surface area (Å²) in [6, 6.07) is 0. The molecule has 0 fully saturated rings. The first-order valence-corrected chi connectivity index (χ1v) is 5.06. The third-order valence-corrected chi connectivity index (χ3v) is 2.58. The van der Waals surface area contributed by atoms with Crippen LogP contribution in [0.4, 0.5) is 4.39 Å². The van der Waals surface area contributed by atoms with Crippen LogP contribution in [0.5, 0.6) is 0 Å². The van der Waals surface area contributed by atoms with Crippen LogP contribution in [0.1, 0.15) is 24.4 Å². The van der Waals surface area contributed by atoms with Gasteiger partial charge >= 0.3 is 5.97 Å². The maximum Gasteiger partial charge on any atom is 0.303 e. The molecule has 2 rings (SSSR count). The van der Waals surface area contributed by atoms with Gasteiger partial charge in [0.2, 0.25) is 0 Å². The number of aromatic nitrogens is 2. The summed E-state index contributed by atoms with van der Waals surface area (Å²) in [4.78, 5) is 14.7. The molecule has 0 amide bonds. The number of rotatable bonds is 3. The molecule has 82 valence electrons. The van der Waals surface area contributed by atoms with E-state index < -0.39 is 12.1 Å². The molecule has 0 saturated heterocycles. The standard InChI is InChI=1S/C10H13FN2O2/c11-7-1-3-9-12-8(2-4-10(14)15)6-13(9)5-7/h6-7H,1-5H2,(H,14,15). The first-order chi connectivity index (χ1) is 7.15. The monoisotopic (exact) mass is 212 g/mol. The highest BCUT2D eigenvalue weighted by Crippen LogP contribution is 2.17. The summed E-state index contributed by atoms with van der Waals surface area (Å²) in [6.07, 6.45) is 2.65. The van der Waals surface area contributed by atoms with Gasteiger partial charge in [0.25, 0.3) is 0 Å². The zero-order valence-electron chi connectivity index (χ0n) is 8.32. The van der Waals surface area contributed by atoms with Crippen molar-refractivity contribution in [3.05, 3.63) is 17.7 Å².